The number of hydrogen-bond acceptors (Lipinski definition) is 2. The lowest BCUT2D eigenvalue weighted by Crippen LogP contribution is -2.07. The minimum absolute atomic E-state index is 0.120. The van der Waals surface area contributed by atoms with Gasteiger partial charge in [-0.25, -0.2) is 0 Å². The molecular weight excluding hydrogens is 270 g/mol. The zero-order chi connectivity index (χ0) is 16.1. The molecule has 0 spiro atoms. The van der Waals surface area contributed by atoms with E-state index in [4.69, 9.17) is 4.74 Å². The predicted molar refractivity (Wildman–Crippen MR) is 90.3 cm³/mol. The summed E-state index contributed by atoms with van der Waals surface area (Å²) in [4.78, 5) is 0. The van der Waals surface area contributed by atoms with Gasteiger partial charge in [0.05, 0.1) is 18.6 Å². The molecule has 0 aromatic heterocycles. The Morgan fingerprint density at radius 3 is 2.27 bits per heavy atom. The van der Waals surface area contributed by atoms with Crippen molar-refractivity contribution in [1.82, 2.24) is 0 Å². The molecule has 0 fully saturated rings. The van der Waals surface area contributed by atoms with Crippen LogP contribution in [0.4, 0.5) is 0 Å². The van der Waals surface area contributed by atoms with Crippen molar-refractivity contribution in [1.29, 1.82) is 5.26 Å². The summed E-state index contributed by atoms with van der Waals surface area (Å²) in [7, 11) is 0. The molecule has 114 valence electrons. The SMILES string of the molecule is Cc1ccc(C)c(OCCC(C#N)c2cc(C)ccc2C)c1. The molecule has 0 saturated heterocycles. The first-order chi connectivity index (χ1) is 10.5. The van der Waals surface area contributed by atoms with E-state index >= 15 is 0 Å². The van der Waals surface area contributed by atoms with Crippen LogP contribution in [-0.4, -0.2) is 6.61 Å². The summed E-state index contributed by atoms with van der Waals surface area (Å²) in [5.41, 5.74) is 5.80. The molecule has 2 heteroatoms. The molecule has 0 aliphatic rings. The number of rotatable bonds is 5. The second kappa shape index (κ2) is 7.13. The van der Waals surface area contributed by atoms with Gasteiger partial charge in [-0.05, 0) is 56.0 Å². The number of benzene rings is 2. The quantitative estimate of drug-likeness (QED) is 0.777. The van der Waals surface area contributed by atoms with Gasteiger partial charge < -0.3 is 4.74 Å². The molecule has 0 N–H and O–H groups in total. The Bertz CT molecular complexity index is 697. The monoisotopic (exact) mass is 293 g/mol. The van der Waals surface area contributed by atoms with E-state index in [0.29, 0.717) is 13.0 Å². The first kappa shape index (κ1) is 16.1. The van der Waals surface area contributed by atoms with Crippen LogP contribution in [0.5, 0.6) is 5.75 Å². The number of aryl methyl sites for hydroxylation is 4. The standard InChI is InChI=1S/C20H23NO/c1-14-5-7-16(3)19(11-14)18(13-21)9-10-22-20-12-15(2)6-8-17(20)4/h5-8,11-12,18H,9-10H2,1-4H3. The third kappa shape index (κ3) is 3.89. The van der Waals surface area contributed by atoms with E-state index in [2.05, 4.69) is 63.2 Å². The molecule has 0 radical (unpaired) electrons. The molecule has 1 unspecified atom stereocenters. The van der Waals surface area contributed by atoms with Gasteiger partial charge in [-0.2, -0.15) is 5.26 Å². The number of ether oxygens (including phenoxy) is 1. The Balaban J connectivity index is 2.04. The molecule has 1 atom stereocenters. The maximum absolute atomic E-state index is 9.49. The molecule has 0 saturated carbocycles. The van der Waals surface area contributed by atoms with Crippen molar-refractivity contribution >= 4 is 0 Å². The minimum atomic E-state index is -0.120. The molecule has 2 aromatic carbocycles. The number of nitrogens with zero attached hydrogens (tertiary/aromatic N) is 1. The topological polar surface area (TPSA) is 33.0 Å². The van der Waals surface area contributed by atoms with E-state index in [-0.39, 0.29) is 5.92 Å². The highest BCUT2D eigenvalue weighted by molar-refractivity contribution is 5.37. The molecule has 0 aliphatic carbocycles. The Morgan fingerprint density at radius 1 is 0.955 bits per heavy atom. The highest BCUT2D eigenvalue weighted by Crippen LogP contribution is 2.25. The average Bonchev–Trinajstić information content (AvgIpc) is 2.50. The van der Waals surface area contributed by atoms with E-state index in [1.807, 2.05) is 6.92 Å². The summed E-state index contributed by atoms with van der Waals surface area (Å²) in [6.45, 7) is 8.77. The van der Waals surface area contributed by atoms with E-state index < -0.39 is 0 Å². The van der Waals surface area contributed by atoms with Crippen molar-refractivity contribution in [2.24, 2.45) is 0 Å². The first-order valence-corrected chi connectivity index (χ1v) is 7.68. The van der Waals surface area contributed by atoms with Crippen LogP contribution in [0.25, 0.3) is 0 Å². The molecule has 0 heterocycles. The average molecular weight is 293 g/mol. The summed E-state index contributed by atoms with van der Waals surface area (Å²) < 4.78 is 5.89. The fourth-order valence-corrected chi connectivity index (χ4v) is 2.57. The third-order valence-electron chi connectivity index (χ3n) is 3.97. The van der Waals surface area contributed by atoms with Crippen LogP contribution in [0.15, 0.2) is 36.4 Å². The van der Waals surface area contributed by atoms with Crippen molar-refractivity contribution < 1.29 is 4.74 Å². The van der Waals surface area contributed by atoms with Gasteiger partial charge in [-0.1, -0.05) is 35.9 Å². The van der Waals surface area contributed by atoms with Gasteiger partial charge in [0.1, 0.15) is 5.75 Å². The fourth-order valence-electron chi connectivity index (χ4n) is 2.57. The molecule has 0 aliphatic heterocycles. The lowest BCUT2D eigenvalue weighted by Gasteiger charge is -2.15. The molecule has 2 rings (SSSR count). The van der Waals surface area contributed by atoms with Gasteiger partial charge in [-0.15, -0.1) is 0 Å². The van der Waals surface area contributed by atoms with Crippen LogP contribution in [0, 0.1) is 39.0 Å². The summed E-state index contributed by atoms with van der Waals surface area (Å²) in [5, 5.41) is 9.49. The Morgan fingerprint density at radius 2 is 1.59 bits per heavy atom. The second-order valence-corrected chi connectivity index (χ2v) is 5.95. The van der Waals surface area contributed by atoms with Crippen LogP contribution >= 0.6 is 0 Å². The van der Waals surface area contributed by atoms with Crippen molar-refractivity contribution in [3.63, 3.8) is 0 Å². The molecule has 0 amide bonds. The predicted octanol–water partition coefficient (Wildman–Crippen LogP) is 5.00. The Labute approximate surface area is 133 Å². The van der Waals surface area contributed by atoms with Gasteiger partial charge in [0.2, 0.25) is 0 Å². The van der Waals surface area contributed by atoms with E-state index in [9.17, 15) is 5.26 Å². The molecule has 22 heavy (non-hydrogen) atoms. The molecular formula is C20H23NO. The smallest absolute Gasteiger partial charge is 0.122 e. The van der Waals surface area contributed by atoms with Crippen molar-refractivity contribution in [3.8, 4) is 11.8 Å². The maximum atomic E-state index is 9.49. The van der Waals surface area contributed by atoms with Gasteiger partial charge in [0.15, 0.2) is 0 Å². The normalized spacial score (nSPS) is 11.8. The van der Waals surface area contributed by atoms with Crippen LogP contribution in [0.2, 0.25) is 0 Å². The molecule has 0 bridgehead atoms. The van der Waals surface area contributed by atoms with E-state index in [1.165, 1.54) is 16.7 Å². The third-order valence-corrected chi connectivity index (χ3v) is 3.97. The Hall–Kier alpha value is -2.27. The molecule has 2 aromatic rings. The fraction of sp³-hybridized carbons (Fsp3) is 0.350. The van der Waals surface area contributed by atoms with E-state index in [1.54, 1.807) is 0 Å². The molecule has 2 nitrogen and oxygen atoms in total. The Kier molecular flexibility index (Phi) is 5.22. The summed E-state index contributed by atoms with van der Waals surface area (Å²) in [5.74, 6) is 0.794. The van der Waals surface area contributed by atoms with Crippen molar-refractivity contribution in [2.45, 2.75) is 40.0 Å². The largest absolute Gasteiger partial charge is 0.493 e. The lowest BCUT2D eigenvalue weighted by atomic mass is 9.92. The highest BCUT2D eigenvalue weighted by atomic mass is 16.5. The summed E-state index contributed by atoms with van der Waals surface area (Å²) >= 11 is 0. The first-order valence-electron chi connectivity index (χ1n) is 7.68. The van der Waals surface area contributed by atoms with Gasteiger partial charge in [-0.3, -0.25) is 0 Å². The van der Waals surface area contributed by atoms with Crippen LogP contribution in [0.1, 0.15) is 40.2 Å². The van der Waals surface area contributed by atoms with Crippen molar-refractivity contribution in [2.75, 3.05) is 6.61 Å². The van der Waals surface area contributed by atoms with Crippen LogP contribution < -0.4 is 4.74 Å². The maximum Gasteiger partial charge on any atom is 0.122 e. The van der Waals surface area contributed by atoms with Gasteiger partial charge in [0.25, 0.3) is 0 Å². The second-order valence-electron chi connectivity index (χ2n) is 5.95. The lowest BCUT2D eigenvalue weighted by molar-refractivity contribution is 0.303. The zero-order valence-corrected chi connectivity index (χ0v) is 13.8. The summed E-state index contributed by atoms with van der Waals surface area (Å²) in [6, 6.07) is 14.9. The number of hydrogen-bond donors (Lipinski definition) is 0. The van der Waals surface area contributed by atoms with Crippen molar-refractivity contribution in [3.05, 3.63) is 64.2 Å². The minimum Gasteiger partial charge on any atom is -0.493 e. The zero-order valence-electron chi connectivity index (χ0n) is 13.8. The van der Waals surface area contributed by atoms with Crippen LogP contribution in [0.3, 0.4) is 0 Å². The number of nitriles is 1. The van der Waals surface area contributed by atoms with Gasteiger partial charge in [0, 0.05) is 6.42 Å². The highest BCUT2D eigenvalue weighted by Gasteiger charge is 2.14. The summed E-state index contributed by atoms with van der Waals surface area (Å²) in [6.07, 6.45) is 0.703. The van der Waals surface area contributed by atoms with E-state index in [0.717, 1.165) is 16.9 Å². The van der Waals surface area contributed by atoms with Crippen LogP contribution in [-0.2, 0) is 0 Å². The van der Waals surface area contributed by atoms with Gasteiger partial charge >= 0.3 is 0 Å².